The topological polar surface area (TPSA) is 66.8 Å². The standard InChI is InChI=1S/C25H22ClNO5/c1-25(2,3)32-24(29)27-12-17(15-6-4-5-7-19(15)27)21-11-22-18(13-30-21)23(28)16-10-14(26)8-9-20(16)31-22/h4-10,12-13,21-22H,11H2,1-3H3. The first-order chi connectivity index (χ1) is 15.2. The van der Waals surface area contributed by atoms with E-state index in [9.17, 15) is 9.59 Å². The molecule has 0 N–H and O–H groups in total. The molecule has 0 amide bonds. The second kappa shape index (κ2) is 7.41. The highest BCUT2D eigenvalue weighted by molar-refractivity contribution is 6.31. The number of ketones is 1. The van der Waals surface area contributed by atoms with E-state index >= 15 is 0 Å². The lowest BCUT2D eigenvalue weighted by molar-refractivity contribution is 0.0531. The van der Waals surface area contributed by atoms with Crippen LogP contribution in [0.25, 0.3) is 10.9 Å². The number of hydrogen-bond donors (Lipinski definition) is 0. The molecule has 7 heteroatoms. The molecule has 32 heavy (non-hydrogen) atoms. The van der Waals surface area contributed by atoms with Gasteiger partial charge in [0.15, 0.2) is 5.78 Å². The van der Waals surface area contributed by atoms with Crippen molar-refractivity contribution in [2.24, 2.45) is 0 Å². The molecule has 0 saturated carbocycles. The predicted molar refractivity (Wildman–Crippen MR) is 120 cm³/mol. The van der Waals surface area contributed by atoms with E-state index in [4.69, 9.17) is 25.8 Å². The summed E-state index contributed by atoms with van der Waals surface area (Å²) in [6.07, 6.45) is 2.37. The lowest BCUT2D eigenvalue weighted by atomic mass is 9.89. The zero-order valence-electron chi connectivity index (χ0n) is 17.9. The van der Waals surface area contributed by atoms with E-state index in [-0.39, 0.29) is 11.9 Å². The Balaban J connectivity index is 1.50. The van der Waals surface area contributed by atoms with Crippen molar-refractivity contribution in [3.63, 3.8) is 0 Å². The third-order valence-electron chi connectivity index (χ3n) is 5.53. The van der Waals surface area contributed by atoms with Crippen molar-refractivity contribution in [2.45, 2.75) is 45.0 Å². The van der Waals surface area contributed by atoms with Crippen LogP contribution in [0.15, 0.2) is 60.5 Å². The smallest absolute Gasteiger partial charge is 0.419 e. The highest BCUT2D eigenvalue weighted by Crippen LogP contribution is 2.41. The minimum Gasteiger partial charge on any atom is -0.493 e. The average Bonchev–Trinajstić information content (AvgIpc) is 3.13. The summed E-state index contributed by atoms with van der Waals surface area (Å²) in [6.45, 7) is 5.49. The van der Waals surface area contributed by atoms with E-state index in [1.807, 2.05) is 45.0 Å². The fourth-order valence-electron chi connectivity index (χ4n) is 4.14. The van der Waals surface area contributed by atoms with Crippen molar-refractivity contribution in [3.8, 4) is 5.75 Å². The largest absolute Gasteiger partial charge is 0.493 e. The lowest BCUT2D eigenvalue weighted by Gasteiger charge is -2.33. The molecule has 0 saturated heterocycles. The van der Waals surface area contributed by atoms with Crippen molar-refractivity contribution in [1.29, 1.82) is 0 Å². The lowest BCUT2D eigenvalue weighted by Crippen LogP contribution is -2.34. The van der Waals surface area contributed by atoms with Gasteiger partial charge in [0.05, 0.1) is 22.9 Å². The van der Waals surface area contributed by atoms with Crippen LogP contribution in [-0.4, -0.2) is 28.1 Å². The first-order valence-electron chi connectivity index (χ1n) is 10.4. The number of hydrogen-bond acceptors (Lipinski definition) is 5. The Kier molecular flexibility index (Phi) is 4.78. The van der Waals surface area contributed by atoms with Crippen molar-refractivity contribution in [3.05, 3.63) is 76.6 Å². The molecule has 0 radical (unpaired) electrons. The number of carbonyl (C=O) groups is 2. The van der Waals surface area contributed by atoms with Gasteiger partial charge in [-0.1, -0.05) is 29.8 Å². The summed E-state index contributed by atoms with van der Waals surface area (Å²) in [4.78, 5) is 25.7. The van der Waals surface area contributed by atoms with Crippen molar-refractivity contribution >= 4 is 34.4 Å². The van der Waals surface area contributed by atoms with E-state index in [1.54, 1.807) is 24.4 Å². The number of carbonyl (C=O) groups excluding carboxylic acids is 2. The fraction of sp³-hybridized carbons (Fsp3) is 0.280. The molecule has 3 heterocycles. The number of halogens is 1. The summed E-state index contributed by atoms with van der Waals surface area (Å²) < 4.78 is 19.2. The number of rotatable bonds is 1. The maximum absolute atomic E-state index is 12.9. The molecule has 0 spiro atoms. The van der Waals surface area contributed by atoms with Gasteiger partial charge in [-0.2, -0.15) is 0 Å². The number of ether oxygens (including phenoxy) is 3. The van der Waals surface area contributed by atoms with Gasteiger partial charge in [-0.3, -0.25) is 9.36 Å². The molecule has 2 aromatic carbocycles. The normalized spacial score (nSPS) is 20.0. The Bertz CT molecular complexity index is 1280. The molecule has 2 aliphatic heterocycles. The number of aromatic nitrogens is 1. The van der Waals surface area contributed by atoms with E-state index in [2.05, 4.69) is 0 Å². The third-order valence-corrected chi connectivity index (χ3v) is 5.77. The van der Waals surface area contributed by atoms with Crippen LogP contribution >= 0.6 is 11.6 Å². The quantitative estimate of drug-likeness (QED) is 0.449. The van der Waals surface area contributed by atoms with Crippen molar-refractivity contribution in [2.75, 3.05) is 0 Å². The molecule has 2 unspecified atom stereocenters. The molecule has 0 aliphatic carbocycles. The fourth-order valence-corrected chi connectivity index (χ4v) is 4.31. The maximum atomic E-state index is 12.9. The monoisotopic (exact) mass is 451 g/mol. The molecule has 0 bridgehead atoms. The molecule has 6 nitrogen and oxygen atoms in total. The second-order valence-corrected chi connectivity index (χ2v) is 9.40. The molecule has 164 valence electrons. The average molecular weight is 452 g/mol. The van der Waals surface area contributed by atoms with Crippen LogP contribution in [-0.2, 0) is 9.47 Å². The van der Waals surface area contributed by atoms with Crippen LogP contribution in [0.3, 0.4) is 0 Å². The Morgan fingerprint density at radius 1 is 1.16 bits per heavy atom. The van der Waals surface area contributed by atoms with Crippen LogP contribution in [0, 0.1) is 0 Å². The molecule has 1 aromatic heterocycles. The Hall–Kier alpha value is -3.25. The van der Waals surface area contributed by atoms with Gasteiger partial charge in [0.2, 0.25) is 0 Å². The third kappa shape index (κ3) is 3.54. The van der Waals surface area contributed by atoms with Gasteiger partial charge in [0.25, 0.3) is 0 Å². The summed E-state index contributed by atoms with van der Waals surface area (Å²) in [6, 6.07) is 12.6. The van der Waals surface area contributed by atoms with Gasteiger partial charge in [0.1, 0.15) is 23.6 Å². The highest BCUT2D eigenvalue weighted by Gasteiger charge is 2.38. The molecular weight excluding hydrogens is 430 g/mol. The molecular formula is C25H22ClNO5. The van der Waals surface area contributed by atoms with E-state index in [1.165, 1.54) is 10.8 Å². The van der Waals surface area contributed by atoms with Crippen LogP contribution in [0.4, 0.5) is 4.79 Å². The maximum Gasteiger partial charge on any atom is 0.419 e. The summed E-state index contributed by atoms with van der Waals surface area (Å²) in [7, 11) is 0. The first-order valence-corrected chi connectivity index (χ1v) is 10.8. The second-order valence-electron chi connectivity index (χ2n) is 8.96. The summed E-state index contributed by atoms with van der Waals surface area (Å²) in [5.41, 5.74) is 1.85. The highest BCUT2D eigenvalue weighted by atomic mass is 35.5. The molecule has 2 aliphatic rings. The minimum atomic E-state index is -0.617. The number of nitrogens with zero attached hydrogens (tertiary/aromatic N) is 1. The number of para-hydroxylation sites is 1. The van der Waals surface area contributed by atoms with Gasteiger partial charge >= 0.3 is 6.09 Å². The van der Waals surface area contributed by atoms with E-state index in [0.29, 0.717) is 28.3 Å². The predicted octanol–water partition coefficient (Wildman–Crippen LogP) is 6.07. The zero-order chi connectivity index (χ0) is 22.6. The summed E-state index contributed by atoms with van der Waals surface area (Å²) in [5.74, 6) is 0.367. The van der Waals surface area contributed by atoms with E-state index < -0.39 is 17.8 Å². The van der Waals surface area contributed by atoms with Crippen LogP contribution in [0.1, 0.15) is 49.2 Å². The van der Waals surface area contributed by atoms with Gasteiger partial charge in [-0.05, 0) is 45.0 Å². The first kappa shape index (κ1) is 20.6. The summed E-state index contributed by atoms with van der Waals surface area (Å²) in [5, 5.41) is 1.36. The van der Waals surface area contributed by atoms with Gasteiger partial charge in [0, 0.05) is 28.6 Å². The Morgan fingerprint density at radius 3 is 2.72 bits per heavy atom. The zero-order valence-corrected chi connectivity index (χ0v) is 18.7. The van der Waals surface area contributed by atoms with E-state index in [0.717, 1.165) is 16.5 Å². The van der Waals surface area contributed by atoms with Crippen LogP contribution < -0.4 is 4.74 Å². The number of fused-ring (bicyclic) bond motifs is 3. The SMILES string of the molecule is CC(C)(C)OC(=O)n1cc(C2CC3Oc4ccc(Cl)cc4C(=O)C3=CO2)c2ccccc21. The van der Waals surface area contributed by atoms with Crippen LogP contribution in [0.5, 0.6) is 5.75 Å². The Morgan fingerprint density at radius 2 is 1.94 bits per heavy atom. The van der Waals surface area contributed by atoms with Crippen molar-refractivity contribution in [1.82, 2.24) is 4.57 Å². The van der Waals surface area contributed by atoms with Crippen LogP contribution in [0.2, 0.25) is 5.02 Å². The Labute approximate surface area is 190 Å². The minimum absolute atomic E-state index is 0.145. The number of benzene rings is 2. The molecule has 2 atom stereocenters. The molecule has 3 aromatic rings. The number of Topliss-reactive ketones (excluding diaryl/α,β-unsaturated/α-hetero) is 1. The molecule has 0 fully saturated rings. The molecule has 5 rings (SSSR count). The summed E-state index contributed by atoms with van der Waals surface area (Å²) >= 11 is 6.05. The van der Waals surface area contributed by atoms with Gasteiger partial charge < -0.3 is 14.2 Å². The van der Waals surface area contributed by atoms with Crippen molar-refractivity contribution < 1.29 is 23.8 Å². The van der Waals surface area contributed by atoms with Gasteiger partial charge in [-0.25, -0.2) is 4.79 Å². The van der Waals surface area contributed by atoms with Gasteiger partial charge in [-0.15, -0.1) is 0 Å².